The molecule has 2 bridgehead atoms. The predicted molar refractivity (Wildman–Crippen MR) is 46.5 cm³/mol. The number of carbonyl (C=O) groups is 2. The molecule has 2 saturated carbocycles. The third-order valence-electron chi connectivity index (χ3n) is 3.77. The van der Waals surface area contributed by atoms with Gasteiger partial charge in [0, 0.05) is 0 Å². The van der Waals surface area contributed by atoms with E-state index in [-0.39, 0.29) is 11.8 Å². The van der Waals surface area contributed by atoms with Crippen LogP contribution in [0.15, 0.2) is 0 Å². The minimum Gasteiger partial charge on any atom is -0.481 e. The molecule has 2 rings (SSSR count). The fraction of sp³-hybridized carbons (Fsp3) is 0.778. The maximum atomic E-state index is 11.0. The lowest BCUT2D eigenvalue weighted by Crippen LogP contribution is -2.60. The third kappa shape index (κ3) is 0.930. The van der Waals surface area contributed by atoms with Crippen LogP contribution in [0.25, 0.3) is 0 Å². The first-order valence-electron chi connectivity index (χ1n) is 4.73. The minimum atomic E-state index is -1.53. The molecular formula is C9H13NO4. The Bertz CT molecular complexity index is 303. The van der Waals surface area contributed by atoms with E-state index in [0.717, 1.165) is 12.8 Å². The maximum absolute atomic E-state index is 11.0. The molecule has 2 fully saturated rings. The number of carboxylic acid groups (broad SMARTS) is 2. The van der Waals surface area contributed by atoms with Crippen LogP contribution < -0.4 is 5.73 Å². The molecule has 0 aliphatic heterocycles. The Morgan fingerprint density at radius 3 is 2.36 bits per heavy atom. The van der Waals surface area contributed by atoms with Gasteiger partial charge in [0.15, 0.2) is 0 Å². The molecule has 14 heavy (non-hydrogen) atoms. The number of hydrogen-bond acceptors (Lipinski definition) is 3. The summed E-state index contributed by atoms with van der Waals surface area (Å²) in [4.78, 5) is 22.0. The van der Waals surface area contributed by atoms with Crippen molar-refractivity contribution in [2.24, 2.45) is 23.5 Å². The first kappa shape index (κ1) is 9.45. The molecule has 2 aliphatic carbocycles. The van der Waals surface area contributed by atoms with E-state index in [0.29, 0.717) is 6.42 Å². The van der Waals surface area contributed by atoms with Crippen LogP contribution in [0.3, 0.4) is 0 Å². The minimum absolute atomic E-state index is 0.0430. The molecule has 4 N–H and O–H groups in total. The fourth-order valence-electron chi connectivity index (χ4n) is 3.11. The fourth-order valence-corrected chi connectivity index (χ4v) is 3.11. The summed E-state index contributed by atoms with van der Waals surface area (Å²) in [6.45, 7) is 0. The summed E-state index contributed by atoms with van der Waals surface area (Å²) in [5.41, 5.74) is 4.22. The van der Waals surface area contributed by atoms with Gasteiger partial charge in [-0.3, -0.25) is 9.59 Å². The molecule has 4 atom stereocenters. The van der Waals surface area contributed by atoms with Crippen LogP contribution in [0.5, 0.6) is 0 Å². The molecule has 0 aromatic rings. The number of rotatable bonds is 2. The van der Waals surface area contributed by atoms with Crippen molar-refractivity contribution in [2.45, 2.75) is 24.8 Å². The molecule has 2 aliphatic rings. The summed E-state index contributed by atoms with van der Waals surface area (Å²) in [6, 6.07) is 0. The highest BCUT2D eigenvalue weighted by atomic mass is 16.4. The molecule has 0 radical (unpaired) electrons. The van der Waals surface area contributed by atoms with Crippen LogP contribution in [-0.4, -0.2) is 27.7 Å². The van der Waals surface area contributed by atoms with Crippen molar-refractivity contribution in [3.05, 3.63) is 0 Å². The zero-order valence-electron chi connectivity index (χ0n) is 7.64. The molecule has 78 valence electrons. The quantitative estimate of drug-likeness (QED) is 0.576. The predicted octanol–water partition coefficient (Wildman–Crippen LogP) is -0.101. The highest BCUT2D eigenvalue weighted by Crippen LogP contribution is 2.53. The van der Waals surface area contributed by atoms with E-state index in [1.165, 1.54) is 0 Å². The highest BCUT2D eigenvalue weighted by Gasteiger charge is 2.63. The first-order chi connectivity index (χ1) is 6.48. The summed E-state index contributed by atoms with van der Waals surface area (Å²) >= 11 is 0. The number of hydrogen-bond donors (Lipinski definition) is 3. The van der Waals surface area contributed by atoms with Crippen molar-refractivity contribution < 1.29 is 19.8 Å². The van der Waals surface area contributed by atoms with Gasteiger partial charge in [-0.25, -0.2) is 0 Å². The van der Waals surface area contributed by atoms with Gasteiger partial charge in [0.1, 0.15) is 5.54 Å². The number of nitrogens with two attached hydrogens (primary N) is 1. The lowest BCUT2D eigenvalue weighted by molar-refractivity contribution is -0.158. The number of aliphatic carboxylic acids is 2. The van der Waals surface area contributed by atoms with Gasteiger partial charge < -0.3 is 15.9 Å². The van der Waals surface area contributed by atoms with Gasteiger partial charge in [-0.15, -0.1) is 0 Å². The average molecular weight is 199 g/mol. The van der Waals surface area contributed by atoms with Gasteiger partial charge in [0.2, 0.25) is 0 Å². The van der Waals surface area contributed by atoms with E-state index >= 15 is 0 Å². The van der Waals surface area contributed by atoms with Gasteiger partial charge in [-0.2, -0.15) is 0 Å². The van der Waals surface area contributed by atoms with Crippen LogP contribution in [0.1, 0.15) is 19.3 Å². The summed E-state index contributed by atoms with van der Waals surface area (Å²) in [5, 5.41) is 18.0. The largest absolute Gasteiger partial charge is 0.481 e. The molecule has 5 heteroatoms. The van der Waals surface area contributed by atoms with Crippen LogP contribution >= 0.6 is 0 Å². The zero-order chi connectivity index (χ0) is 10.5. The first-order valence-corrected chi connectivity index (χ1v) is 4.73. The van der Waals surface area contributed by atoms with Gasteiger partial charge in [-0.05, 0) is 31.1 Å². The Morgan fingerprint density at radius 2 is 1.93 bits per heavy atom. The average Bonchev–Trinajstić information content (AvgIpc) is 2.61. The van der Waals surface area contributed by atoms with Crippen molar-refractivity contribution in [3.63, 3.8) is 0 Å². The molecule has 0 aromatic carbocycles. The Hall–Kier alpha value is -1.10. The Labute approximate surface area is 80.9 Å². The van der Waals surface area contributed by atoms with E-state index in [1.807, 2.05) is 0 Å². The van der Waals surface area contributed by atoms with Gasteiger partial charge in [0.05, 0.1) is 5.92 Å². The summed E-state index contributed by atoms with van der Waals surface area (Å²) < 4.78 is 0. The summed E-state index contributed by atoms with van der Waals surface area (Å²) in [5.74, 6) is -3.34. The van der Waals surface area contributed by atoms with E-state index < -0.39 is 23.4 Å². The monoisotopic (exact) mass is 199 g/mol. The Morgan fingerprint density at radius 1 is 1.29 bits per heavy atom. The SMILES string of the molecule is N[C@@]1(C(=O)O)[C@H]2CC[C@H](C2)[C@H]1C(=O)O. The van der Waals surface area contributed by atoms with Gasteiger partial charge in [0.25, 0.3) is 0 Å². The zero-order valence-corrected chi connectivity index (χ0v) is 7.64. The van der Waals surface area contributed by atoms with Crippen LogP contribution in [-0.2, 0) is 9.59 Å². The topological polar surface area (TPSA) is 101 Å². The van der Waals surface area contributed by atoms with E-state index in [1.54, 1.807) is 0 Å². The van der Waals surface area contributed by atoms with Crippen molar-refractivity contribution in [3.8, 4) is 0 Å². The van der Waals surface area contributed by atoms with Crippen molar-refractivity contribution in [1.29, 1.82) is 0 Å². The van der Waals surface area contributed by atoms with Crippen molar-refractivity contribution in [1.82, 2.24) is 0 Å². The smallest absolute Gasteiger partial charge is 0.324 e. The van der Waals surface area contributed by atoms with Crippen LogP contribution in [0.4, 0.5) is 0 Å². The van der Waals surface area contributed by atoms with Gasteiger partial charge in [-0.1, -0.05) is 0 Å². The van der Waals surface area contributed by atoms with Crippen LogP contribution in [0.2, 0.25) is 0 Å². The lowest BCUT2D eigenvalue weighted by atomic mass is 9.73. The molecule has 5 nitrogen and oxygen atoms in total. The second kappa shape index (κ2) is 2.70. The molecule has 0 heterocycles. The third-order valence-corrected chi connectivity index (χ3v) is 3.77. The second-order valence-corrected chi connectivity index (χ2v) is 4.32. The summed E-state index contributed by atoms with van der Waals surface area (Å²) in [7, 11) is 0. The molecule has 0 spiro atoms. The highest BCUT2D eigenvalue weighted by molar-refractivity contribution is 5.88. The molecule has 0 aromatic heterocycles. The van der Waals surface area contributed by atoms with Crippen molar-refractivity contribution >= 4 is 11.9 Å². The Kier molecular flexibility index (Phi) is 1.82. The Balaban J connectivity index is 2.39. The molecule has 0 saturated heterocycles. The van der Waals surface area contributed by atoms with Crippen molar-refractivity contribution in [2.75, 3.05) is 0 Å². The number of carboxylic acids is 2. The second-order valence-electron chi connectivity index (χ2n) is 4.32. The summed E-state index contributed by atoms with van der Waals surface area (Å²) in [6.07, 6.45) is 2.20. The lowest BCUT2D eigenvalue weighted by Gasteiger charge is -2.34. The van der Waals surface area contributed by atoms with E-state index in [2.05, 4.69) is 0 Å². The standard InChI is InChI=1S/C9H13NO4/c10-9(8(13)14)5-2-1-4(3-5)6(9)7(11)12/h4-6H,1-3,10H2,(H,11,12)(H,13,14)/t4-,5+,6+,9+/m1/s1. The van der Waals surface area contributed by atoms with E-state index in [4.69, 9.17) is 15.9 Å². The molecule has 0 unspecified atom stereocenters. The van der Waals surface area contributed by atoms with Gasteiger partial charge >= 0.3 is 11.9 Å². The maximum Gasteiger partial charge on any atom is 0.324 e. The van der Waals surface area contributed by atoms with E-state index in [9.17, 15) is 9.59 Å². The molecule has 0 amide bonds. The molecular weight excluding hydrogens is 186 g/mol. The number of fused-ring (bicyclic) bond motifs is 2. The normalized spacial score (nSPS) is 45.4. The van der Waals surface area contributed by atoms with Crippen LogP contribution in [0, 0.1) is 17.8 Å².